The zero-order chi connectivity index (χ0) is 20.2. The van der Waals surface area contributed by atoms with Gasteiger partial charge in [-0.15, -0.1) is 5.75 Å². The summed E-state index contributed by atoms with van der Waals surface area (Å²) >= 11 is 5.51. The van der Waals surface area contributed by atoms with Crippen LogP contribution in [-0.4, -0.2) is 10.8 Å². The molecule has 0 spiro atoms. The van der Waals surface area contributed by atoms with Crippen LogP contribution in [0.4, 0.5) is 18.9 Å². The fraction of sp³-hybridized carbons (Fsp3) is 0.118. The minimum absolute atomic E-state index is 0.0109. The molecule has 0 aliphatic carbocycles. The van der Waals surface area contributed by atoms with E-state index in [1.165, 1.54) is 6.07 Å². The second-order valence-electron chi connectivity index (χ2n) is 5.34. The van der Waals surface area contributed by atoms with Crippen molar-refractivity contribution in [3.05, 3.63) is 74.3 Å². The molecule has 0 aliphatic heterocycles. The topological polar surface area (TPSA) is 95.3 Å². The van der Waals surface area contributed by atoms with Crippen LogP contribution in [0.15, 0.2) is 42.5 Å². The SMILES string of the molecule is O=C(/C=C/c1ccc(Cl)c(C(F)(F)F)c1)NCc1cc([N+](=O)[O-])ccc1[O-]. The first kappa shape index (κ1) is 20.2. The lowest BCUT2D eigenvalue weighted by molar-refractivity contribution is -0.385. The third-order valence-electron chi connectivity index (χ3n) is 3.43. The first-order chi connectivity index (χ1) is 12.6. The van der Waals surface area contributed by atoms with Crippen molar-refractivity contribution in [3.63, 3.8) is 0 Å². The fourth-order valence-corrected chi connectivity index (χ4v) is 2.32. The number of nitrogens with one attached hydrogen (secondary N) is 1. The Morgan fingerprint density at radius 1 is 1.22 bits per heavy atom. The molecule has 0 radical (unpaired) electrons. The van der Waals surface area contributed by atoms with Crippen LogP contribution in [0.1, 0.15) is 16.7 Å². The second-order valence-corrected chi connectivity index (χ2v) is 5.74. The van der Waals surface area contributed by atoms with Gasteiger partial charge in [-0.05, 0) is 29.3 Å². The smallest absolute Gasteiger partial charge is 0.417 e. The lowest BCUT2D eigenvalue weighted by Gasteiger charge is -2.13. The summed E-state index contributed by atoms with van der Waals surface area (Å²) in [6.07, 6.45) is -2.51. The quantitative estimate of drug-likeness (QED) is 0.471. The number of non-ortho nitro benzene ring substituents is 1. The minimum Gasteiger partial charge on any atom is -0.872 e. The molecule has 142 valence electrons. The van der Waals surface area contributed by atoms with E-state index in [-0.39, 0.29) is 23.4 Å². The number of nitro groups is 1. The van der Waals surface area contributed by atoms with E-state index in [1.54, 1.807) is 0 Å². The van der Waals surface area contributed by atoms with Gasteiger partial charge in [-0.25, -0.2) is 0 Å². The van der Waals surface area contributed by atoms with Gasteiger partial charge in [0.05, 0.1) is 15.5 Å². The van der Waals surface area contributed by atoms with Gasteiger partial charge in [0.1, 0.15) is 0 Å². The van der Waals surface area contributed by atoms with Gasteiger partial charge in [0.25, 0.3) is 5.69 Å². The Morgan fingerprint density at radius 3 is 2.56 bits per heavy atom. The number of benzene rings is 2. The molecule has 10 heteroatoms. The van der Waals surface area contributed by atoms with Crippen molar-refractivity contribution < 1.29 is 28.0 Å². The Morgan fingerprint density at radius 2 is 1.93 bits per heavy atom. The maximum absolute atomic E-state index is 12.8. The molecular weight excluding hydrogens is 389 g/mol. The number of nitrogens with zero attached hydrogens (tertiary/aromatic N) is 1. The maximum atomic E-state index is 12.8. The van der Waals surface area contributed by atoms with Crippen LogP contribution in [-0.2, 0) is 17.5 Å². The molecule has 0 atom stereocenters. The van der Waals surface area contributed by atoms with Gasteiger partial charge in [-0.2, -0.15) is 13.2 Å². The number of hydrogen-bond acceptors (Lipinski definition) is 4. The molecule has 0 aromatic heterocycles. The number of rotatable bonds is 5. The van der Waals surface area contributed by atoms with E-state index in [4.69, 9.17) is 11.6 Å². The van der Waals surface area contributed by atoms with E-state index < -0.39 is 33.3 Å². The summed E-state index contributed by atoms with van der Waals surface area (Å²) in [6.45, 7) is -0.266. The predicted octanol–water partition coefficient (Wildman–Crippen LogP) is 3.67. The molecule has 0 fully saturated rings. The van der Waals surface area contributed by atoms with Gasteiger partial charge in [0.15, 0.2) is 0 Å². The lowest BCUT2D eigenvalue weighted by Crippen LogP contribution is -2.21. The van der Waals surface area contributed by atoms with Gasteiger partial charge < -0.3 is 10.4 Å². The van der Waals surface area contributed by atoms with Gasteiger partial charge in [0, 0.05) is 24.8 Å². The summed E-state index contributed by atoms with van der Waals surface area (Å²) in [6, 6.07) is 6.27. The molecule has 27 heavy (non-hydrogen) atoms. The Balaban J connectivity index is 2.06. The standard InChI is InChI=1S/C17H12ClF3N2O4/c18-14-4-1-10(7-13(14)17(19,20)21)2-6-16(25)22-9-11-8-12(23(26)27)3-5-15(11)24/h1-8,24H,9H2,(H,22,25)/p-1/b6-2+. The van der Waals surface area contributed by atoms with Crippen molar-refractivity contribution in [1.82, 2.24) is 5.32 Å². The van der Waals surface area contributed by atoms with E-state index >= 15 is 0 Å². The summed E-state index contributed by atoms with van der Waals surface area (Å²) in [4.78, 5) is 21.8. The lowest BCUT2D eigenvalue weighted by atomic mass is 10.1. The number of carbonyl (C=O) groups is 1. The summed E-state index contributed by atoms with van der Waals surface area (Å²) in [5.41, 5.74) is -1.21. The highest BCUT2D eigenvalue weighted by atomic mass is 35.5. The molecule has 1 N–H and O–H groups in total. The second kappa shape index (κ2) is 8.09. The van der Waals surface area contributed by atoms with Gasteiger partial charge in [0.2, 0.25) is 5.91 Å². The highest BCUT2D eigenvalue weighted by Crippen LogP contribution is 2.35. The van der Waals surface area contributed by atoms with Crippen molar-refractivity contribution in [2.75, 3.05) is 0 Å². The molecule has 6 nitrogen and oxygen atoms in total. The molecule has 2 aromatic carbocycles. The number of carbonyl (C=O) groups excluding carboxylic acids is 1. The van der Waals surface area contributed by atoms with Crippen LogP contribution < -0.4 is 10.4 Å². The van der Waals surface area contributed by atoms with Crippen molar-refractivity contribution in [2.45, 2.75) is 12.7 Å². The number of hydrogen-bond donors (Lipinski definition) is 1. The van der Waals surface area contributed by atoms with Crippen LogP contribution in [0, 0.1) is 10.1 Å². The number of alkyl halides is 3. The van der Waals surface area contributed by atoms with Gasteiger partial charge in [-0.1, -0.05) is 23.7 Å². The van der Waals surface area contributed by atoms with E-state index in [1.807, 2.05) is 0 Å². The highest BCUT2D eigenvalue weighted by molar-refractivity contribution is 6.31. The van der Waals surface area contributed by atoms with Gasteiger partial charge >= 0.3 is 6.18 Å². The first-order valence-electron chi connectivity index (χ1n) is 7.35. The average Bonchev–Trinajstić information content (AvgIpc) is 2.59. The van der Waals surface area contributed by atoms with Gasteiger partial charge in [-0.3, -0.25) is 14.9 Å². The van der Waals surface area contributed by atoms with E-state index in [0.29, 0.717) is 0 Å². The van der Waals surface area contributed by atoms with E-state index in [2.05, 4.69) is 5.32 Å². The van der Waals surface area contributed by atoms with Crippen molar-refractivity contribution in [1.29, 1.82) is 0 Å². The van der Waals surface area contributed by atoms with Crippen molar-refractivity contribution in [2.24, 2.45) is 0 Å². The van der Waals surface area contributed by atoms with E-state index in [9.17, 15) is 33.2 Å². The molecule has 0 heterocycles. The molecule has 0 aliphatic rings. The predicted molar refractivity (Wildman–Crippen MR) is 89.9 cm³/mol. The summed E-state index contributed by atoms with van der Waals surface area (Å²) in [7, 11) is 0. The fourth-order valence-electron chi connectivity index (χ4n) is 2.09. The molecular formula is C17H11ClF3N2O4-. The number of nitro benzene ring substituents is 1. The van der Waals surface area contributed by atoms with Crippen LogP contribution >= 0.6 is 11.6 Å². The van der Waals surface area contributed by atoms with Crippen LogP contribution in [0.2, 0.25) is 5.02 Å². The van der Waals surface area contributed by atoms with Crippen molar-refractivity contribution >= 4 is 29.3 Å². The molecule has 2 rings (SSSR count). The highest BCUT2D eigenvalue weighted by Gasteiger charge is 2.33. The first-order valence-corrected chi connectivity index (χ1v) is 7.72. The Hall–Kier alpha value is -3.07. The zero-order valence-electron chi connectivity index (χ0n) is 13.4. The number of amides is 1. The van der Waals surface area contributed by atoms with Crippen molar-refractivity contribution in [3.8, 4) is 5.75 Å². The Bertz CT molecular complexity index is 914. The molecule has 0 unspecified atom stereocenters. The third kappa shape index (κ3) is 5.45. The van der Waals surface area contributed by atoms with Crippen LogP contribution in [0.5, 0.6) is 5.75 Å². The summed E-state index contributed by atoms with van der Waals surface area (Å²) in [5, 5.41) is 24.2. The van der Waals surface area contributed by atoms with E-state index in [0.717, 1.165) is 42.5 Å². The zero-order valence-corrected chi connectivity index (χ0v) is 14.2. The number of halogens is 4. The summed E-state index contributed by atoms with van der Waals surface area (Å²) in [5.74, 6) is -1.18. The minimum atomic E-state index is -4.63. The molecule has 2 aromatic rings. The Labute approximate surface area is 156 Å². The molecule has 0 saturated heterocycles. The third-order valence-corrected chi connectivity index (χ3v) is 3.76. The molecule has 0 bridgehead atoms. The average molecular weight is 400 g/mol. The Kier molecular flexibility index (Phi) is 6.06. The summed E-state index contributed by atoms with van der Waals surface area (Å²) < 4.78 is 38.4. The monoisotopic (exact) mass is 399 g/mol. The maximum Gasteiger partial charge on any atom is 0.417 e. The largest absolute Gasteiger partial charge is 0.872 e. The molecule has 1 amide bonds. The molecule has 0 saturated carbocycles. The normalized spacial score (nSPS) is 11.6. The van der Waals surface area contributed by atoms with Crippen LogP contribution in [0.25, 0.3) is 6.08 Å². The van der Waals surface area contributed by atoms with Crippen LogP contribution in [0.3, 0.4) is 0 Å².